The standard InChI is InChI=1S/C12H14N4O/c13-7-10-9(3-1-5-15-10)8-16-6-2-4-11(16)12(14)17/h1,3,5,11H,2,4,6,8H2,(H2,14,17). The van der Waals surface area contributed by atoms with Crippen LogP contribution in [-0.4, -0.2) is 28.4 Å². The minimum absolute atomic E-state index is 0.207. The molecule has 0 spiro atoms. The smallest absolute Gasteiger partial charge is 0.234 e. The van der Waals surface area contributed by atoms with Crippen molar-refractivity contribution in [2.75, 3.05) is 6.54 Å². The average molecular weight is 230 g/mol. The molecule has 1 fully saturated rings. The molecule has 1 aliphatic heterocycles. The van der Waals surface area contributed by atoms with Crippen molar-refractivity contribution in [3.8, 4) is 6.07 Å². The summed E-state index contributed by atoms with van der Waals surface area (Å²) in [5.41, 5.74) is 6.62. The highest BCUT2D eigenvalue weighted by molar-refractivity contribution is 5.80. The molecule has 0 saturated carbocycles. The maximum Gasteiger partial charge on any atom is 0.234 e. The van der Waals surface area contributed by atoms with Crippen LogP contribution < -0.4 is 5.73 Å². The summed E-state index contributed by atoms with van der Waals surface area (Å²) < 4.78 is 0. The number of nitriles is 1. The van der Waals surface area contributed by atoms with Gasteiger partial charge >= 0.3 is 0 Å². The molecule has 1 unspecified atom stereocenters. The van der Waals surface area contributed by atoms with Gasteiger partial charge in [-0.3, -0.25) is 9.69 Å². The molecular formula is C12H14N4O. The monoisotopic (exact) mass is 230 g/mol. The number of carbonyl (C=O) groups excluding carboxylic acids is 1. The summed E-state index contributed by atoms with van der Waals surface area (Å²) in [6.45, 7) is 1.40. The van der Waals surface area contributed by atoms with Gasteiger partial charge < -0.3 is 5.73 Å². The second-order valence-electron chi connectivity index (χ2n) is 4.15. The minimum Gasteiger partial charge on any atom is -0.368 e. The lowest BCUT2D eigenvalue weighted by atomic mass is 10.1. The minimum atomic E-state index is -0.287. The van der Waals surface area contributed by atoms with Crippen LogP contribution in [0, 0.1) is 11.3 Å². The van der Waals surface area contributed by atoms with Crippen LogP contribution in [0.4, 0.5) is 0 Å². The Hall–Kier alpha value is -1.93. The Morgan fingerprint density at radius 2 is 2.53 bits per heavy atom. The van der Waals surface area contributed by atoms with E-state index in [4.69, 9.17) is 11.0 Å². The van der Waals surface area contributed by atoms with Gasteiger partial charge in [0.15, 0.2) is 0 Å². The number of hydrogen-bond donors (Lipinski definition) is 1. The van der Waals surface area contributed by atoms with Crippen molar-refractivity contribution in [2.45, 2.75) is 25.4 Å². The van der Waals surface area contributed by atoms with E-state index in [9.17, 15) is 4.79 Å². The molecule has 2 N–H and O–H groups in total. The molecule has 1 aliphatic rings. The first kappa shape index (κ1) is 11.6. The van der Waals surface area contributed by atoms with Crippen molar-refractivity contribution >= 4 is 5.91 Å². The lowest BCUT2D eigenvalue weighted by Gasteiger charge is -2.21. The third-order valence-electron chi connectivity index (χ3n) is 3.06. The number of likely N-dealkylation sites (tertiary alicyclic amines) is 1. The Morgan fingerprint density at radius 1 is 1.71 bits per heavy atom. The molecule has 5 nitrogen and oxygen atoms in total. The molecule has 1 aromatic heterocycles. The number of hydrogen-bond acceptors (Lipinski definition) is 4. The zero-order valence-corrected chi connectivity index (χ0v) is 9.47. The van der Waals surface area contributed by atoms with Gasteiger partial charge in [-0.05, 0) is 25.5 Å². The second kappa shape index (κ2) is 4.93. The molecule has 0 aromatic carbocycles. The summed E-state index contributed by atoms with van der Waals surface area (Å²) in [6, 6.07) is 5.51. The van der Waals surface area contributed by atoms with Gasteiger partial charge in [0.1, 0.15) is 11.8 Å². The molecule has 0 radical (unpaired) electrons. The predicted octanol–water partition coefficient (Wildman–Crippen LogP) is 0.403. The summed E-state index contributed by atoms with van der Waals surface area (Å²) in [5.74, 6) is -0.287. The third-order valence-corrected chi connectivity index (χ3v) is 3.06. The first-order valence-corrected chi connectivity index (χ1v) is 5.59. The van der Waals surface area contributed by atoms with Crippen molar-refractivity contribution in [3.05, 3.63) is 29.6 Å². The molecule has 2 heterocycles. The number of rotatable bonds is 3. The van der Waals surface area contributed by atoms with E-state index in [-0.39, 0.29) is 11.9 Å². The first-order chi connectivity index (χ1) is 8.22. The SMILES string of the molecule is N#Cc1ncccc1CN1CCCC1C(N)=O. The van der Waals surface area contributed by atoms with E-state index in [1.54, 1.807) is 12.3 Å². The van der Waals surface area contributed by atoms with Crippen LogP contribution in [0.1, 0.15) is 24.1 Å². The lowest BCUT2D eigenvalue weighted by molar-refractivity contribution is -0.122. The molecule has 1 saturated heterocycles. The summed E-state index contributed by atoms with van der Waals surface area (Å²) in [4.78, 5) is 17.3. The van der Waals surface area contributed by atoms with Gasteiger partial charge in [-0.1, -0.05) is 6.07 Å². The van der Waals surface area contributed by atoms with E-state index in [0.717, 1.165) is 24.9 Å². The van der Waals surface area contributed by atoms with E-state index >= 15 is 0 Å². The average Bonchev–Trinajstić information content (AvgIpc) is 2.78. The van der Waals surface area contributed by atoms with Crippen LogP contribution >= 0.6 is 0 Å². The van der Waals surface area contributed by atoms with Gasteiger partial charge in [0.2, 0.25) is 5.91 Å². The van der Waals surface area contributed by atoms with Crippen LogP contribution in [-0.2, 0) is 11.3 Å². The highest BCUT2D eigenvalue weighted by Crippen LogP contribution is 2.20. The number of pyridine rings is 1. The maximum absolute atomic E-state index is 11.3. The van der Waals surface area contributed by atoms with Gasteiger partial charge in [-0.2, -0.15) is 5.26 Å². The predicted molar refractivity (Wildman–Crippen MR) is 61.6 cm³/mol. The molecule has 2 rings (SSSR count). The van der Waals surface area contributed by atoms with Gasteiger partial charge in [0, 0.05) is 18.3 Å². The molecule has 1 amide bonds. The Bertz CT molecular complexity index is 466. The molecule has 5 heteroatoms. The third kappa shape index (κ3) is 2.43. The van der Waals surface area contributed by atoms with Gasteiger partial charge in [0.25, 0.3) is 0 Å². The lowest BCUT2D eigenvalue weighted by Crippen LogP contribution is -2.39. The molecular weight excluding hydrogens is 216 g/mol. The Kier molecular flexibility index (Phi) is 3.35. The highest BCUT2D eigenvalue weighted by Gasteiger charge is 2.29. The van der Waals surface area contributed by atoms with E-state index in [1.807, 2.05) is 11.0 Å². The Labute approximate surface area is 99.9 Å². The van der Waals surface area contributed by atoms with Crippen LogP contribution in [0.25, 0.3) is 0 Å². The Balaban J connectivity index is 2.15. The molecule has 0 bridgehead atoms. The number of aromatic nitrogens is 1. The summed E-state index contributed by atoms with van der Waals surface area (Å²) in [6.07, 6.45) is 3.37. The van der Waals surface area contributed by atoms with Crippen LogP contribution in [0.5, 0.6) is 0 Å². The normalized spacial score (nSPS) is 20.1. The summed E-state index contributed by atoms with van der Waals surface area (Å²) >= 11 is 0. The van der Waals surface area contributed by atoms with Gasteiger partial charge in [-0.15, -0.1) is 0 Å². The van der Waals surface area contributed by atoms with E-state index in [1.165, 1.54) is 0 Å². The maximum atomic E-state index is 11.3. The quantitative estimate of drug-likeness (QED) is 0.814. The molecule has 88 valence electrons. The number of amides is 1. The largest absolute Gasteiger partial charge is 0.368 e. The molecule has 0 aliphatic carbocycles. The van der Waals surface area contributed by atoms with Gasteiger partial charge in [0.05, 0.1) is 6.04 Å². The molecule has 17 heavy (non-hydrogen) atoms. The number of nitrogens with two attached hydrogens (primary N) is 1. The number of primary amides is 1. The number of nitrogens with zero attached hydrogens (tertiary/aromatic N) is 3. The number of carbonyl (C=O) groups is 1. The zero-order chi connectivity index (χ0) is 12.3. The molecule has 1 aromatic rings. The van der Waals surface area contributed by atoms with Crippen molar-refractivity contribution in [1.29, 1.82) is 5.26 Å². The van der Waals surface area contributed by atoms with Gasteiger partial charge in [-0.25, -0.2) is 4.98 Å². The van der Waals surface area contributed by atoms with Crippen LogP contribution in [0.3, 0.4) is 0 Å². The fraction of sp³-hybridized carbons (Fsp3) is 0.417. The van der Waals surface area contributed by atoms with Crippen LogP contribution in [0.2, 0.25) is 0 Å². The fourth-order valence-corrected chi connectivity index (χ4v) is 2.22. The van der Waals surface area contributed by atoms with E-state index in [0.29, 0.717) is 12.2 Å². The topological polar surface area (TPSA) is 83.0 Å². The van der Waals surface area contributed by atoms with Crippen molar-refractivity contribution < 1.29 is 4.79 Å². The van der Waals surface area contributed by atoms with Crippen molar-refractivity contribution in [3.63, 3.8) is 0 Å². The second-order valence-corrected chi connectivity index (χ2v) is 4.15. The Morgan fingerprint density at radius 3 is 3.24 bits per heavy atom. The highest BCUT2D eigenvalue weighted by atomic mass is 16.1. The molecule has 1 atom stereocenters. The summed E-state index contributed by atoms with van der Waals surface area (Å²) in [7, 11) is 0. The fourth-order valence-electron chi connectivity index (χ4n) is 2.22. The van der Waals surface area contributed by atoms with Crippen molar-refractivity contribution in [1.82, 2.24) is 9.88 Å². The zero-order valence-electron chi connectivity index (χ0n) is 9.47. The van der Waals surface area contributed by atoms with E-state index < -0.39 is 0 Å². The van der Waals surface area contributed by atoms with E-state index in [2.05, 4.69) is 11.1 Å². The summed E-state index contributed by atoms with van der Waals surface area (Å²) in [5, 5.41) is 8.94. The van der Waals surface area contributed by atoms with Crippen LogP contribution in [0.15, 0.2) is 18.3 Å². The van der Waals surface area contributed by atoms with Crippen molar-refractivity contribution in [2.24, 2.45) is 5.73 Å². The first-order valence-electron chi connectivity index (χ1n) is 5.59.